The summed E-state index contributed by atoms with van der Waals surface area (Å²) in [4.78, 5) is 4.24. The van der Waals surface area contributed by atoms with Crippen LogP contribution in [-0.2, 0) is 0 Å². The van der Waals surface area contributed by atoms with E-state index in [1.165, 1.54) is 11.3 Å². The van der Waals surface area contributed by atoms with E-state index < -0.39 is 0 Å². The van der Waals surface area contributed by atoms with Crippen LogP contribution in [0.5, 0.6) is 5.75 Å². The van der Waals surface area contributed by atoms with Gasteiger partial charge in [0.05, 0.1) is 16.8 Å². The van der Waals surface area contributed by atoms with E-state index in [9.17, 15) is 4.39 Å². The molecule has 0 N–H and O–H groups in total. The third-order valence-electron chi connectivity index (χ3n) is 2.08. The Morgan fingerprint density at radius 1 is 1.31 bits per heavy atom. The second-order valence-electron chi connectivity index (χ2n) is 3.12. The van der Waals surface area contributed by atoms with Crippen molar-refractivity contribution in [2.45, 2.75) is 27.7 Å². The van der Waals surface area contributed by atoms with Gasteiger partial charge in [-0.1, -0.05) is 13.8 Å². The molecule has 2 nitrogen and oxygen atoms in total. The SMILES string of the molecule is CC.COc1cc(C)c(F)c2sc(C)nc12. The fraction of sp³-hybridized carbons (Fsp3) is 0.417. The number of aromatic nitrogens is 1. The minimum absolute atomic E-state index is 0.189. The average molecular weight is 241 g/mol. The fourth-order valence-corrected chi connectivity index (χ4v) is 2.33. The molecule has 0 aliphatic heterocycles. The van der Waals surface area contributed by atoms with Crippen molar-refractivity contribution in [3.8, 4) is 5.75 Å². The van der Waals surface area contributed by atoms with E-state index in [0.29, 0.717) is 21.5 Å². The molecule has 1 aromatic heterocycles. The lowest BCUT2D eigenvalue weighted by Gasteiger charge is -2.03. The molecule has 0 aliphatic rings. The predicted octanol–water partition coefficient (Wildman–Crippen LogP) is 4.09. The van der Waals surface area contributed by atoms with Gasteiger partial charge < -0.3 is 4.74 Å². The van der Waals surface area contributed by atoms with Crippen LogP contribution in [0.25, 0.3) is 10.2 Å². The highest BCUT2D eigenvalue weighted by Gasteiger charge is 2.13. The topological polar surface area (TPSA) is 22.1 Å². The fourth-order valence-electron chi connectivity index (χ4n) is 1.41. The van der Waals surface area contributed by atoms with Crippen molar-refractivity contribution in [2.24, 2.45) is 0 Å². The number of aryl methyl sites for hydroxylation is 2. The number of hydrogen-bond acceptors (Lipinski definition) is 3. The van der Waals surface area contributed by atoms with E-state index in [1.807, 2.05) is 20.8 Å². The largest absolute Gasteiger partial charge is 0.494 e. The summed E-state index contributed by atoms with van der Waals surface area (Å²) < 4.78 is 19.4. The van der Waals surface area contributed by atoms with Crippen LogP contribution in [-0.4, -0.2) is 12.1 Å². The molecule has 0 amide bonds. The molecule has 0 fully saturated rings. The second-order valence-corrected chi connectivity index (χ2v) is 4.32. The maximum absolute atomic E-state index is 13.6. The molecule has 0 atom stereocenters. The number of ether oxygens (including phenoxy) is 1. The summed E-state index contributed by atoms with van der Waals surface area (Å²) in [6.45, 7) is 7.59. The Labute approximate surface area is 99.1 Å². The third kappa shape index (κ3) is 2.16. The Morgan fingerprint density at radius 2 is 1.94 bits per heavy atom. The molecule has 0 saturated heterocycles. The van der Waals surface area contributed by atoms with Crippen molar-refractivity contribution in [3.05, 3.63) is 22.5 Å². The zero-order valence-electron chi connectivity index (χ0n) is 10.2. The van der Waals surface area contributed by atoms with Gasteiger partial charge in [0.2, 0.25) is 0 Å². The molecule has 1 heterocycles. The van der Waals surface area contributed by atoms with E-state index in [4.69, 9.17) is 4.74 Å². The van der Waals surface area contributed by atoms with Crippen LogP contribution >= 0.6 is 11.3 Å². The van der Waals surface area contributed by atoms with E-state index in [-0.39, 0.29) is 5.82 Å². The monoisotopic (exact) mass is 241 g/mol. The minimum Gasteiger partial charge on any atom is -0.494 e. The Balaban J connectivity index is 0.000000606. The molecule has 2 rings (SSSR count). The molecule has 0 spiro atoms. The van der Waals surface area contributed by atoms with Gasteiger partial charge >= 0.3 is 0 Å². The van der Waals surface area contributed by atoms with Gasteiger partial charge in [0.25, 0.3) is 0 Å². The van der Waals surface area contributed by atoms with E-state index in [2.05, 4.69) is 4.98 Å². The summed E-state index contributed by atoms with van der Waals surface area (Å²) in [7, 11) is 1.57. The summed E-state index contributed by atoms with van der Waals surface area (Å²) in [5.41, 5.74) is 1.22. The maximum atomic E-state index is 13.6. The van der Waals surface area contributed by atoms with Gasteiger partial charge in [-0.2, -0.15) is 0 Å². The molecule has 0 saturated carbocycles. The normalized spacial score (nSPS) is 9.88. The number of nitrogens with zero attached hydrogens (tertiary/aromatic N) is 1. The predicted molar refractivity (Wildman–Crippen MR) is 67.0 cm³/mol. The van der Waals surface area contributed by atoms with Crippen molar-refractivity contribution in [2.75, 3.05) is 7.11 Å². The van der Waals surface area contributed by atoms with Crippen molar-refractivity contribution in [3.63, 3.8) is 0 Å². The lowest BCUT2D eigenvalue weighted by Crippen LogP contribution is -1.89. The van der Waals surface area contributed by atoms with Crippen molar-refractivity contribution in [1.82, 2.24) is 4.98 Å². The number of halogens is 1. The number of rotatable bonds is 1. The van der Waals surface area contributed by atoms with Gasteiger partial charge in [-0.25, -0.2) is 9.37 Å². The molecule has 16 heavy (non-hydrogen) atoms. The summed E-state index contributed by atoms with van der Waals surface area (Å²) in [5, 5.41) is 0.850. The maximum Gasteiger partial charge on any atom is 0.146 e. The quantitative estimate of drug-likeness (QED) is 0.750. The lowest BCUT2D eigenvalue weighted by atomic mass is 10.2. The number of thiazole rings is 1. The number of fused-ring (bicyclic) bond motifs is 1. The Hall–Kier alpha value is -1.16. The summed E-state index contributed by atoms with van der Waals surface area (Å²) in [6.07, 6.45) is 0. The molecule has 0 aliphatic carbocycles. The lowest BCUT2D eigenvalue weighted by molar-refractivity contribution is 0.418. The van der Waals surface area contributed by atoms with E-state index >= 15 is 0 Å². The van der Waals surface area contributed by atoms with Crippen molar-refractivity contribution >= 4 is 21.6 Å². The molecule has 2 aromatic rings. The second kappa shape index (κ2) is 5.25. The number of benzene rings is 1. The zero-order chi connectivity index (χ0) is 12.3. The van der Waals surface area contributed by atoms with Gasteiger partial charge in [-0.15, -0.1) is 11.3 Å². The minimum atomic E-state index is -0.189. The summed E-state index contributed by atoms with van der Waals surface area (Å²) in [6, 6.07) is 1.68. The first-order valence-electron chi connectivity index (χ1n) is 5.23. The van der Waals surface area contributed by atoms with Crippen LogP contribution in [0.15, 0.2) is 6.07 Å². The molecular weight excluding hydrogens is 225 g/mol. The summed E-state index contributed by atoms with van der Waals surface area (Å²) >= 11 is 1.36. The standard InChI is InChI=1S/C10H10FNOS.C2H6/c1-5-4-7(13-3)9-10(8(5)11)14-6(2)12-9;1-2/h4H,1-3H3;1-2H3. The van der Waals surface area contributed by atoms with Crippen LogP contribution < -0.4 is 4.74 Å². The molecule has 4 heteroatoms. The van der Waals surface area contributed by atoms with E-state index in [0.717, 1.165) is 5.01 Å². The van der Waals surface area contributed by atoms with Gasteiger partial charge in [0.1, 0.15) is 17.1 Å². The van der Waals surface area contributed by atoms with Crippen molar-refractivity contribution in [1.29, 1.82) is 0 Å². The van der Waals surface area contributed by atoms with Gasteiger partial charge in [-0.3, -0.25) is 0 Å². The molecule has 0 unspecified atom stereocenters. The van der Waals surface area contributed by atoms with E-state index in [1.54, 1.807) is 20.1 Å². The van der Waals surface area contributed by atoms with Crippen LogP contribution in [0.3, 0.4) is 0 Å². The zero-order valence-corrected chi connectivity index (χ0v) is 11.0. The molecule has 1 aromatic carbocycles. The Kier molecular flexibility index (Phi) is 4.24. The average Bonchev–Trinajstić information content (AvgIpc) is 2.68. The molecule has 0 bridgehead atoms. The highest BCUT2D eigenvalue weighted by atomic mass is 32.1. The summed E-state index contributed by atoms with van der Waals surface area (Å²) in [5.74, 6) is 0.453. The number of methoxy groups -OCH3 is 1. The van der Waals surface area contributed by atoms with Crippen LogP contribution in [0.1, 0.15) is 24.4 Å². The smallest absolute Gasteiger partial charge is 0.146 e. The highest BCUT2D eigenvalue weighted by Crippen LogP contribution is 2.33. The highest BCUT2D eigenvalue weighted by molar-refractivity contribution is 7.18. The molecule has 88 valence electrons. The van der Waals surface area contributed by atoms with Gasteiger partial charge in [0, 0.05) is 0 Å². The van der Waals surface area contributed by atoms with Gasteiger partial charge in [0.15, 0.2) is 0 Å². The van der Waals surface area contributed by atoms with Crippen LogP contribution in [0, 0.1) is 19.7 Å². The Bertz CT molecular complexity index is 493. The first-order valence-corrected chi connectivity index (χ1v) is 6.05. The molecule has 0 radical (unpaired) electrons. The Morgan fingerprint density at radius 3 is 2.50 bits per heavy atom. The van der Waals surface area contributed by atoms with Crippen molar-refractivity contribution < 1.29 is 9.13 Å². The molecular formula is C12H16FNOS. The first-order chi connectivity index (χ1) is 7.63. The third-order valence-corrected chi connectivity index (χ3v) is 3.04. The van der Waals surface area contributed by atoms with Crippen LogP contribution in [0.2, 0.25) is 0 Å². The number of hydrogen-bond donors (Lipinski definition) is 0. The van der Waals surface area contributed by atoms with Crippen LogP contribution in [0.4, 0.5) is 4.39 Å². The first kappa shape index (κ1) is 12.9. The van der Waals surface area contributed by atoms with Gasteiger partial charge in [-0.05, 0) is 25.5 Å².